The Morgan fingerprint density at radius 1 is 0.921 bits per heavy atom. The van der Waals surface area contributed by atoms with Crippen molar-refractivity contribution in [2.75, 3.05) is 6.61 Å². The number of carbonyl (C=O) groups excluding carboxylic acids is 1. The molecule has 3 aromatic carbocycles. The van der Waals surface area contributed by atoms with Crippen molar-refractivity contribution < 1.29 is 18.8 Å². The molecule has 38 heavy (non-hydrogen) atoms. The lowest BCUT2D eigenvalue weighted by molar-refractivity contribution is -0.118. The predicted molar refractivity (Wildman–Crippen MR) is 149 cm³/mol. The van der Waals surface area contributed by atoms with Crippen LogP contribution in [0.1, 0.15) is 68.9 Å². The smallest absolute Gasteiger partial charge is 0.138 e. The number of benzene rings is 3. The number of ketones is 1. The number of aryl methyl sites for hydroxylation is 4. The SMILES string of the molecule is Cc1ccc([C@@H](CC(=O)Cc2ccc3oc(C(CO)c4c(C)noc4C)cc3c2)c2ccccc2)c(C)c1. The first kappa shape index (κ1) is 25.7. The minimum absolute atomic E-state index is 0.00826. The van der Waals surface area contributed by atoms with Crippen LogP contribution in [0.15, 0.2) is 81.7 Å². The molecular formula is C33H33NO4. The van der Waals surface area contributed by atoms with Crippen molar-refractivity contribution in [3.8, 4) is 0 Å². The molecule has 5 nitrogen and oxygen atoms in total. The Balaban J connectivity index is 1.39. The van der Waals surface area contributed by atoms with Gasteiger partial charge in [0, 0.05) is 29.7 Å². The van der Waals surface area contributed by atoms with Crippen molar-refractivity contribution in [3.63, 3.8) is 0 Å². The predicted octanol–water partition coefficient (Wildman–Crippen LogP) is 7.11. The van der Waals surface area contributed by atoms with E-state index in [1.807, 2.05) is 56.3 Å². The third kappa shape index (κ3) is 5.20. The Hall–Kier alpha value is -3.96. The number of carbonyl (C=O) groups is 1. The maximum Gasteiger partial charge on any atom is 0.138 e. The number of aliphatic hydroxyl groups is 1. The lowest BCUT2D eigenvalue weighted by atomic mass is 9.83. The minimum Gasteiger partial charge on any atom is -0.460 e. The summed E-state index contributed by atoms with van der Waals surface area (Å²) < 4.78 is 11.4. The first-order valence-electron chi connectivity index (χ1n) is 13.0. The zero-order chi connectivity index (χ0) is 26.8. The Labute approximate surface area is 223 Å². The van der Waals surface area contributed by atoms with E-state index in [0.29, 0.717) is 24.4 Å². The largest absolute Gasteiger partial charge is 0.460 e. The van der Waals surface area contributed by atoms with Gasteiger partial charge in [0.15, 0.2) is 0 Å². The molecule has 0 saturated carbocycles. The second-order valence-corrected chi connectivity index (χ2v) is 10.2. The number of rotatable bonds is 9. The van der Waals surface area contributed by atoms with Crippen LogP contribution in [-0.2, 0) is 11.2 Å². The standard InChI is InChI=1S/C33H33NO4/c1-20-10-12-28(21(2)14-20)29(25-8-6-5-7-9-25)18-27(36)16-24-11-13-31-26(15-24)17-32(37-31)30(19-35)33-22(3)34-38-23(33)4/h5-15,17,29-30,35H,16,18-19H2,1-4H3/t29-,30?/m0/s1. The van der Waals surface area contributed by atoms with Gasteiger partial charge in [-0.05, 0) is 68.1 Å². The molecule has 0 spiro atoms. The summed E-state index contributed by atoms with van der Waals surface area (Å²) in [4.78, 5) is 13.4. The van der Waals surface area contributed by atoms with Gasteiger partial charge in [0.05, 0.1) is 18.2 Å². The van der Waals surface area contributed by atoms with Crippen molar-refractivity contribution >= 4 is 16.8 Å². The number of Topliss-reactive ketones (excluding diaryl/α,β-unsaturated/α-hetero) is 1. The quantitative estimate of drug-likeness (QED) is 0.230. The van der Waals surface area contributed by atoms with Crippen molar-refractivity contribution in [1.82, 2.24) is 5.16 Å². The molecule has 0 radical (unpaired) electrons. The Kier molecular flexibility index (Phi) is 7.30. The van der Waals surface area contributed by atoms with E-state index in [9.17, 15) is 9.90 Å². The van der Waals surface area contributed by atoms with Crippen LogP contribution < -0.4 is 0 Å². The molecule has 5 rings (SSSR count). The second kappa shape index (κ2) is 10.8. The average Bonchev–Trinajstić information content (AvgIpc) is 3.47. The van der Waals surface area contributed by atoms with E-state index < -0.39 is 0 Å². The van der Waals surface area contributed by atoms with Crippen LogP contribution in [0.3, 0.4) is 0 Å². The molecule has 5 aromatic rings. The molecule has 5 heteroatoms. The van der Waals surface area contributed by atoms with Gasteiger partial charge in [-0.15, -0.1) is 0 Å². The molecule has 2 atom stereocenters. The van der Waals surface area contributed by atoms with E-state index in [-0.39, 0.29) is 24.2 Å². The number of aromatic nitrogens is 1. The van der Waals surface area contributed by atoms with Crippen molar-refractivity contribution in [2.24, 2.45) is 0 Å². The van der Waals surface area contributed by atoms with Crippen LogP contribution in [0.25, 0.3) is 11.0 Å². The summed E-state index contributed by atoms with van der Waals surface area (Å²) in [6.45, 7) is 7.80. The van der Waals surface area contributed by atoms with Crippen molar-refractivity contribution in [3.05, 3.63) is 123 Å². The van der Waals surface area contributed by atoms with Crippen molar-refractivity contribution in [2.45, 2.75) is 52.4 Å². The zero-order valence-corrected chi connectivity index (χ0v) is 22.3. The summed E-state index contributed by atoms with van der Waals surface area (Å²) in [5, 5.41) is 15.1. The first-order chi connectivity index (χ1) is 18.3. The minimum atomic E-state index is -0.358. The Bertz CT molecular complexity index is 1560. The van der Waals surface area contributed by atoms with Crippen LogP contribution in [0.4, 0.5) is 0 Å². The summed E-state index contributed by atoms with van der Waals surface area (Å²) in [5.41, 5.74) is 8.02. The summed E-state index contributed by atoms with van der Waals surface area (Å²) in [5.74, 6) is 1.16. The molecule has 0 saturated heterocycles. The molecule has 2 heterocycles. The molecule has 0 aliphatic rings. The van der Waals surface area contributed by atoms with Crippen LogP contribution >= 0.6 is 0 Å². The lowest BCUT2D eigenvalue weighted by Crippen LogP contribution is -2.12. The van der Waals surface area contributed by atoms with E-state index in [4.69, 9.17) is 8.94 Å². The second-order valence-electron chi connectivity index (χ2n) is 10.2. The Morgan fingerprint density at radius 3 is 2.39 bits per heavy atom. The highest BCUT2D eigenvalue weighted by atomic mass is 16.5. The molecule has 0 aliphatic heterocycles. The molecule has 0 fully saturated rings. The maximum absolute atomic E-state index is 13.4. The van der Waals surface area contributed by atoms with Gasteiger partial charge in [-0.3, -0.25) is 4.79 Å². The number of nitrogens with zero attached hydrogens (tertiary/aromatic N) is 1. The topological polar surface area (TPSA) is 76.5 Å². The average molecular weight is 508 g/mol. The summed E-state index contributed by atoms with van der Waals surface area (Å²) in [6.07, 6.45) is 0.777. The summed E-state index contributed by atoms with van der Waals surface area (Å²) >= 11 is 0. The molecule has 1 unspecified atom stereocenters. The molecule has 2 aromatic heterocycles. The molecular weight excluding hydrogens is 474 g/mol. The first-order valence-corrected chi connectivity index (χ1v) is 13.0. The molecule has 0 amide bonds. The van der Waals surface area contributed by atoms with Gasteiger partial charge >= 0.3 is 0 Å². The zero-order valence-electron chi connectivity index (χ0n) is 22.3. The van der Waals surface area contributed by atoms with Gasteiger partial charge < -0.3 is 14.0 Å². The van der Waals surface area contributed by atoms with E-state index in [2.05, 4.69) is 49.3 Å². The van der Waals surface area contributed by atoms with Gasteiger partial charge in [0.1, 0.15) is 22.9 Å². The highest BCUT2D eigenvalue weighted by Crippen LogP contribution is 2.34. The van der Waals surface area contributed by atoms with E-state index in [0.717, 1.165) is 33.4 Å². The highest BCUT2D eigenvalue weighted by molar-refractivity contribution is 5.85. The molecule has 1 N–H and O–H groups in total. The highest BCUT2D eigenvalue weighted by Gasteiger charge is 2.25. The van der Waals surface area contributed by atoms with Crippen LogP contribution in [0, 0.1) is 27.7 Å². The Morgan fingerprint density at radius 2 is 1.71 bits per heavy atom. The fourth-order valence-corrected chi connectivity index (χ4v) is 5.54. The summed E-state index contributed by atoms with van der Waals surface area (Å²) in [6, 6.07) is 24.5. The van der Waals surface area contributed by atoms with Crippen molar-refractivity contribution in [1.29, 1.82) is 0 Å². The van der Waals surface area contributed by atoms with E-state index >= 15 is 0 Å². The van der Waals surface area contributed by atoms with Gasteiger partial charge in [0.2, 0.25) is 0 Å². The van der Waals surface area contributed by atoms with Gasteiger partial charge in [0.25, 0.3) is 0 Å². The monoisotopic (exact) mass is 507 g/mol. The third-order valence-electron chi connectivity index (χ3n) is 7.40. The maximum atomic E-state index is 13.4. The number of hydrogen-bond donors (Lipinski definition) is 1. The van der Waals surface area contributed by atoms with Crippen LogP contribution in [0.2, 0.25) is 0 Å². The van der Waals surface area contributed by atoms with E-state index in [1.54, 1.807) is 0 Å². The number of furan rings is 1. The van der Waals surface area contributed by atoms with E-state index in [1.165, 1.54) is 16.7 Å². The molecule has 0 bridgehead atoms. The third-order valence-corrected chi connectivity index (χ3v) is 7.40. The number of hydrogen-bond acceptors (Lipinski definition) is 5. The van der Waals surface area contributed by atoms with Crippen LogP contribution in [-0.4, -0.2) is 22.7 Å². The number of aliphatic hydroxyl groups excluding tert-OH is 1. The van der Waals surface area contributed by atoms with Gasteiger partial charge in [-0.1, -0.05) is 65.3 Å². The fourth-order valence-electron chi connectivity index (χ4n) is 5.54. The molecule has 0 aliphatic carbocycles. The van der Waals surface area contributed by atoms with Gasteiger partial charge in [-0.25, -0.2) is 0 Å². The lowest BCUT2D eigenvalue weighted by Gasteiger charge is -2.20. The van der Waals surface area contributed by atoms with Crippen LogP contribution in [0.5, 0.6) is 0 Å². The fraction of sp³-hybridized carbons (Fsp3) is 0.273. The van der Waals surface area contributed by atoms with Gasteiger partial charge in [-0.2, -0.15) is 0 Å². The summed E-state index contributed by atoms with van der Waals surface area (Å²) in [7, 11) is 0. The normalized spacial score (nSPS) is 13.1. The number of fused-ring (bicyclic) bond motifs is 1. The molecule has 194 valence electrons.